The summed E-state index contributed by atoms with van der Waals surface area (Å²) in [7, 11) is 0. The van der Waals surface area contributed by atoms with Crippen LogP contribution in [0.2, 0.25) is 0 Å². The average Bonchev–Trinajstić information content (AvgIpc) is 2.32. The minimum Gasteiger partial charge on any atom is -0.481 e. The van der Waals surface area contributed by atoms with E-state index >= 15 is 0 Å². The fourth-order valence-electron chi connectivity index (χ4n) is 0.729. The van der Waals surface area contributed by atoms with E-state index < -0.39 is 17.8 Å². The second kappa shape index (κ2) is 2.57. The number of carboxylic acid groups (broad SMARTS) is 1. The molecule has 6 nitrogen and oxygen atoms in total. The maximum atomic E-state index is 10.5. The van der Waals surface area contributed by atoms with Crippen molar-refractivity contribution in [2.24, 2.45) is 16.8 Å². The van der Waals surface area contributed by atoms with Gasteiger partial charge in [-0.2, -0.15) is 0 Å². The summed E-state index contributed by atoms with van der Waals surface area (Å²) in [5.41, 5.74) is 4.59. The first-order chi connectivity index (χ1) is 5.13. The summed E-state index contributed by atoms with van der Waals surface area (Å²) < 4.78 is 0. The molecule has 1 aliphatic rings. The molecule has 1 unspecified atom stereocenters. The normalized spacial score (nSPS) is 22.2. The summed E-state index contributed by atoms with van der Waals surface area (Å²) in [6.45, 7) is -0.117. The van der Waals surface area contributed by atoms with Crippen LogP contribution in [0.15, 0.2) is 5.16 Å². The van der Waals surface area contributed by atoms with Gasteiger partial charge in [-0.05, 0) is 0 Å². The SMILES string of the molecule is NC(=O)C1=NOCC1C(=O)O. The van der Waals surface area contributed by atoms with E-state index in [9.17, 15) is 9.59 Å². The van der Waals surface area contributed by atoms with Crippen LogP contribution in [0.5, 0.6) is 0 Å². The summed E-state index contributed by atoms with van der Waals surface area (Å²) in [4.78, 5) is 25.2. The number of aliphatic carboxylic acids is 1. The predicted octanol–water partition coefficient (Wildman–Crippen LogP) is -1.44. The third kappa shape index (κ3) is 1.28. The summed E-state index contributed by atoms with van der Waals surface area (Å²) >= 11 is 0. The Morgan fingerprint density at radius 1 is 1.73 bits per heavy atom. The van der Waals surface area contributed by atoms with Crippen molar-refractivity contribution in [1.29, 1.82) is 0 Å². The van der Waals surface area contributed by atoms with Gasteiger partial charge < -0.3 is 15.7 Å². The number of hydrogen-bond donors (Lipinski definition) is 2. The molecule has 11 heavy (non-hydrogen) atoms. The van der Waals surface area contributed by atoms with Gasteiger partial charge in [-0.15, -0.1) is 0 Å². The van der Waals surface area contributed by atoms with Gasteiger partial charge >= 0.3 is 5.97 Å². The van der Waals surface area contributed by atoms with Gasteiger partial charge in [0.1, 0.15) is 12.5 Å². The zero-order chi connectivity index (χ0) is 8.43. The van der Waals surface area contributed by atoms with Crippen LogP contribution >= 0.6 is 0 Å². The molecule has 60 valence electrons. The molecule has 1 heterocycles. The van der Waals surface area contributed by atoms with E-state index in [4.69, 9.17) is 10.8 Å². The standard InChI is InChI=1S/C5H6N2O4/c6-4(8)3-2(5(9)10)1-11-7-3/h2H,1H2,(H2,6,8)(H,9,10). The predicted molar refractivity (Wildman–Crippen MR) is 33.7 cm³/mol. The average molecular weight is 158 g/mol. The number of rotatable bonds is 2. The van der Waals surface area contributed by atoms with Gasteiger partial charge in [0.2, 0.25) is 0 Å². The first kappa shape index (κ1) is 7.52. The third-order valence-electron chi connectivity index (χ3n) is 1.28. The molecule has 0 bridgehead atoms. The van der Waals surface area contributed by atoms with Crippen LogP contribution in [0, 0.1) is 5.92 Å². The number of primary amides is 1. The molecule has 0 radical (unpaired) electrons. The Kier molecular flexibility index (Phi) is 1.75. The second-order valence-electron chi connectivity index (χ2n) is 2.03. The van der Waals surface area contributed by atoms with Gasteiger partial charge in [0.15, 0.2) is 5.71 Å². The molecule has 1 atom stereocenters. The Bertz CT molecular complexity index is 235. The quantitative estimate of drug-likeness (QED) is 0.513. The highest BCUT2D eigenvalue weighted by Crippen LogP contribution is 2.09. The molecule has 0 aromatic heterocycles. The van der Waals surface area contributed by atoms with Gasteiger partial charge in [0.25, 0.3) is 5.91 Å². The molecule has 3 N–H and O–H groups in total. The van der Waals surface area contributed by atoms with Crippen molar-refractivity contribution in [2.75, 3.05) is 6.61 Å². The number of carbonyl (C=O) groups excluding carboxylic acids is 1. The largest absolute Gasteiger partial charge is 0.481 e. The first-order valence-electron chi connectivity index (χ1n) is 2.85. The fraction of sp³-hybridized carbons (Fsp3) is 0.400. The minimum absolute atomic E-state index is 0.117. The van der Waals surface area contributed by atoms with E-state index in [2.05, 4.69) is 9.99 Å². The van der Waals surface area contributed by atoms with Gasteiger partial charge in [-0.25, -0.2) is 0 Å². The minimum atomic E-state index is -1.15. The van der Waals surface area contributed by atoms with E-state index in [0.717, 1.165) is 0 Å². The summed E-state index contributed by atoms with van der Waals surface area (Å²) in [5, 5.41) is 11.7. The van der Waals surface area contributed by atoms with Crippen molar-refractivity contribution in [3.8, 4) is 0 Å². The van der Waals surface area contributed by atoms with Crippen LogP contribution in [0.4, 0.5) is 0 Å². The number of amides is 1. The molecule has 0 spiro atoms. The Morgan fingerprint density at radius 3 is 2.73 bits per heavy atom. The molecule has 1 aliphatic heterocycles. The van der Waals surface area contributed by atoms with Crippen molar-refractivity contribution in [2.45, 2.75) is 0 Å². The van der Waals surface area contributed by atoms with Crippen LogP contribution < -0.4 is 5.73 Å². The van der Waals surface area contributed by atoms with Crippen LogP contribution in [0.25, 0.3) is 0 Å². The molecule has 0 aliphatic carbocycles. The zero-order valence-electron chi connectivity index (χ0n) is 5.48. The highest BCUT2D eigenvalue weighted by molar-refractivity contribution is 6.42. The lowest BCUT2D eigenvalue weighted by Gasteiger charge is -1.99. The monoisotopic (exact) mass is 158 g/mol. The van der Waals surface area contributed by atoms with E-state index in [1.54, 1.807) is 0 Å². The van der Waals surface area contributed by atoms with Gasteiger partial charge in [-0.3, -0.25) is 9.59 Å². The smallest absolute Gasteiger partial charge is 0.316 e. The Hall–Kier alpha value is -1.59. The highest BCUT2D eigenvalue weighted by atomic mass is 16.6. The van der Waals surface area contributed by atoms with Crippen molar-refractivity contribution in [3.05, 3.63) is 0 Å². The van der Waals surface area contributed by atoms with Gasteiger partial charge in [0.05, 0.1) is 0 Å². The molecule has 1 rings (SSSR count). The third-order valence-corrected chi connectivity index (χ3v) is 1.28. The number of oxime groups is 1. The molecule has 0 aromatic rings. The Labute approximate surface area is 61.6 Å². The molecular weight excluding hydrogens is 152 g/mol. The molecule has 1 amide bonds. The van der Waals surface area contributed by atoms with Crippen LogP contribution in [-0.4, -0.2) is 29.3 Å². The molecule has 0 fully saturated rings. The topological polar surface area (TPSA) is 102 Å². The summed E-state index contributed by atoms with van der Waals surface area (Å²) in [6.07, 6.45) is 0. The maximum absolute atomic E-state index is 10.5. The van der Waals surface area contributed by atoms with E-state index in [1.165, 1.54) is 0 Å². The first-order valence-corrected chi connectivity index (χ1v) is 2.85. The van der Waals surface area contributed by atoms with Crippen LogP contribution in [-0.2, 0) is 14.4 Å². The van der Waals surface area contributed by atoms with Crippen molar-refractivity contribution in [3.63, 3.8) is 0 Å². The molecular formula is C5H6N2O4. The Balaban J connectivity index is 2.79. The van der Waals surface area contributed by atoms with Crippen molar-refractivity contribution < 1.29 is 19.5 Å². The molecule has 0 saturated heterocycles. The van der Waals surface area contributed by atoms with Crippen LogP contribution in [0.1, 0.15) is 0 Å². The lowest BCUT2D eigenvalue weighted by molar-refractivity contribution is -0.140. The fourth-order valence-corrected chi connectivity index (χ4v) is 0.729. The molecule has 6 heteroatoms. The Morgan fingerprint density at radius 2 is 2.36 bits per heavy atom. The van der Waals surface area contributed by atoms with Gasteiger partial charge in [0, 0.05) is 0 Å². The zero-order valence-corrected chi connectivity index (χ0v) is 5.48. The van der Waals surface area contributed by atoms with Crippen molar-refractivity contribution >= 4 is 17.6 Å². The van der Waals surface area contributed by atoms with E-state index in [0.29, 0.717) is 0 Å². The maximum Gasteiger partial charge on any atom is 0.316 e. The number of nitrogens with two attached hydrogens (primary N) is 1. The van der Waals surface area contributed by atoms with E-state index in [1.807, 2.05) is 0 Å². The van der Waals surface area contributed by atoms with Crippen LogP contribution in [0.3, 0.4) is 0 Å². The number of nitrogens with zero attached hydrogens (tertiary/aromatic N) is 1. The van der Waals surface area contributed by atoms with Crippen molar-refractivity contribution in [1.82, 2.24) is 0 Å². The van der Waals surface area contributed by atoms with E-state index in [-0.39, 0.29) is 12.3 Å². The molecule has 0 aromatic carbocycles. The second-order valence-corrected chi connectivity index (χ2v) is 2.03. The lowest BCUT2D eigenvalue weighted by Crippen LogP contribution is -2.33. The lowest BCUT2D eigenvalue weighted by atomic mass is 10.1. The number of hydrogen-bond acceptors (Lipinski definition) is 4. The summed E-state index contributed by atoms with van der Waals surface area (Å²) in [5.74, 6) is -3.01. The number of carboxylic acids is 1. The molecule has 0 saturated carbocycles. The van der Waals surface area contributed by atoms with Gasteiger partial charge in [-0.1, -0.05) is 5.16 Å². The highest BCUT2D eigenvalue weighted by Gasteiger charge is 2.33. The summed E-state index contributed by atoms with van der Waals surface area (Å²) in [6, 6.07) is 0. The number of carbonyl (C=O) groups is 2.